The highest BCUT2D eigenvalue weighted by atomic mass is 32.2. The quantitative estimate of drug-likeness (QED) is 0.245. The van der Waals surface area contributed by atoms with Crippen LogP contribution in [0.3, 0.4) is 0 Å². The van der Waals surface area contributed by atoms with Crippen molar-refractivity contribution in [3.05, 3.63) is 77.6 Å². The molecule has 0 saturated heterocycles. The van der Waals surface area contributed by atoms with Crippen LogP contribution in [-0.4, -0.2) is 69.0 Å². The molecule has 0 unspecified atom stereocenters. The van der Waals surface area contributed by atoms with Crippen LogP contribution >= 0.6 is 0 Å². The van der Waals surface area contributed by atoms with Gasteiger partial charge in [0, 0.05) is 23.4 Å². The summed E-state index contributed by atoms with van der Waals surface area (Å²) in [4.78, 5) is 39.7. The van der Waals surface area contributed by atoms with Gasteiger partial charge < -0.3 is 20.5 Å². The van der Waals surface area contributed by atoms with Crippen LogP contribution in [0.15, 0.2) is 65.6 Å². The maximum absolute atomic E-state index is 15.4. The number of hydrogen-bond donors (Lipinski definition) is 3. The Hall–Kier alpha value is -4.50. The molecular weight excluding hydrogens is 658 g/mol. The van der Waals surface area contributed by atoms with Crippen molar-refractivity contribution in [1.82, 2.24) is 10.2 Å². The van der Waals surface area contributed by atoms with Gasteiger partial charge in [0.1, 0.15) is 17.6 Å². The molecule has 15 heteroatoms. The molecule has 0 spiro atoms. The number of aliphatic carboxylic acids is 1. The number of carbonyl (C=O) groups is 3. The number of carboxylic acids is 1. The number of amides is 2. The zero-order chi connectivity index (χ0) is 35.1. The molecule has 0 aromatic heterocycles. The number of ether oxygens (including phenoxy) is 1. The van der Waals surface area contributed by atoms with Gasteiger partial charge in [-0.15, -0.1) is 0 Å². The molecule has 2 amide bonds. The van der Waals surface area contributed by atoms with Crippen molar-refractivity contribution in [2.45, 2.75) is 41.7 Å². The third-order valence-electron chi connectivity index (χ3n) is 9.03. The van der Waals surface area contributed by atoms with E-state index in [0.29, 0.717) is 30.4 Å². The largest absolute Gasteiger partial charge is 0.501 e. The third kappa shape index (κ3) is 6.61. The van der Waals surface area contributed by atoms with E-state index in [-0.39, 0.29) is 34.4 Å². The number of alkyl halides is 3. The normalized spacial score (nSPS) is 21.2. The summed E-state index contributed by atoms with van der Waals surface area (Å²) in [6.07, 6.45) is 2.01. The smallest absolute Gasteiger partial charge is 0.496 e. The van der Waals surface area contributed by atoms with Crippen molar-refractivity contribution in [2.75, 3.05) is 26.5 Å². The van der Waals surface area contributed by atoms with Crippen LogP contribution in [0.5, 0.6) is 5.75 Å². The lowest BCUT2D eigenvalue weighted by atomic mass is 9.83. The van der Waals surface area contributed by atoms with Crippen molar-refractivity contribution in [3.63, 3.8) is 0 Å². The van der Waals surface area contributed by atoms with Gasteiger partial charge >= 0.3 is 11.5 Å². The summed E-state index contributed by atoms with van der Waals surface area (Å²) in [5.41, 5.74) is -4.97. The highest BCUT2D eigenvalue weighted by Gasteiger charge is 2.52. The predicted octanol–water partition coefficient (Wildman–Crippen LogP) is 5.27. The number of methoxy groups -OCH3 is 1. The number of likely N-dealkylation sites (N-methyl/N-ethyl adjacent to an activating group) is 1. The van der Waals surface area contributed by atoms with E-state index in [0.717, 1.165) is 24.3 Å². The first-order valence-electron chi connectivity index (χ1n) is 14.9. The number of rotatable bonds is 10. The lowest BCUT2D eigenvalue weighted by Gasteiger charge is -2.31. The van der Waals surface area contributed by atoms with E-state index >= 15 is 4.39 Å². The van der Waals surface area contributed by atoms with Crippen LogP contribution in [0, 0.1) is 23.6 Å². The number of carbonyl (C=O) groups excluding carboxylic acids is 2. The van der Waals surface area contributed by atoms with Gasteiger partial charge in [0.15, 0.2) is 0 Å². The van der Waals surface area contributed by atoms with Crippen molar-refractivity contribution < 1.29 is 50.2 Å². The van der Waals surface area contributed by atoms with Crippen LogP contribution in [0.2, 0.25) is 0 Å². The second-order valence-electron chi connectivity index (χ2n) is 12.2. The zero-order valence-corrected chi connectivity index (χ0v) is 26.9. The van der Waals surface area contributed by atoms with Crippen molar-refractivity contribution in [1.29, 1.82) is 0 Å². The minimum absolute atomic E-state index is 0.0154. The van der Waals surface area contributed by atoms with Gasteiger partial charge in [-0.1, -0.05) is 24.3 Å². The van der Waals surface area contributed by atoms with Gasteiger partial charge in [-0.3, -0.25) is 19.3 Å². The molecule has 10 nitrogen and oxygen atoms in total. The van der Waals surface area contributed by atoms with Gasteiger partial charge in [-0.05, 0) is 86.7 Å². The highest BCUT2D eigenvalue weighted by molar-refractivity contribution is 7.92. The Kier molecular flexibility index (Phi) is 9.57. The van der Waals surface area contributed by atoms with E-state index in [1.54, 1.807) is 32.3 Å². The maximum atomic E-state index is 15.4. The van der Waals surface area contributed by atoms with Gasteiger partial charge in [-0.2, -0.15) is 13.2 Å². The summed E-state index contributed by atoms with van der Waals surface area (Å²) in [7, 11) is -1.18. The summed E-state index contributed by atoms with van der Waals surface area (Å²) in [6, 6.07) is 10.8. The molecule has 0 heterocycles. The number of carboxylic acid groups (broad SMARTS) is 1. The predicted molar refractivity (Wildman–Crippen MR) is 166 cm³/mol. The average molecular weight is 692 g/mol. The van der Waals surface area contributed by atoms with Gasteiger partial charge in [-0.25, -0.2) is 12.8 Å². The van der Waals surface area contributed by atoms with E-state index in [1.165, 1.54) is 30.2 Å². The summed E-state index contributed by atoms with van der Waals surface area (Å²) >= 11 is 0. The molecule has 2 bridgehead atoms. The fourth-order valence-electron chi connectivity index (χ4n) is 6.87. The van der Waals surface area contributed by atoms with Crippen LogP contribution in [-0.2, 0) is 19.4 Å². The summed E-state index contributed by atoms with van der Waals surface area (Å²) < 4.78 is 83.8. The number of sulfone groups is 1. The molecule has 2 aliphatic carbocycles. The monoisotopic (exact) mass is 691 g/mol. The zero-order valence-electron chi connectivity index (χ0n) is 26.0. The first-order valence-corrected chi connectivity index (χ1v) is 16.4. The lowest BCUT2D eigenvalue weighted by molar-refractivity contribution is -0.142. The number of halogens is 4. The number of benzene rings is 3. The molecule has 0 radical (unpaired) electrons. The number of hydrogen-bond acceptors (Lipinski definition) is 7. The molecular formula is C33H33F4N3O7S. The fraction of sp³-hybridized carbons (Fsp3) is 0.364. The molecule has 3 aromatic rings. The van der Waals surface area contributed by atoms with Crippen LogP contribution in [0.1, 0.15) is 41.2 Å². The summed E-state index contributed by atoms with van der Waals surface area (Å²) in [6.45, 7) is 0. The van der Waals surface area contributed by atoms with E-state index in [4.69, 9.17) is 4.74 Å². The molecule has 0 aliphatic heterocycles. The van der Waals surface area contributed by atoms with E-state index in [9.17, 15) is 41.1 Å². The molecule has 48 heavy (non-hydrogen) atoms. The van der Waals surface area contributed by atoms with Crippen LogP contribution in [0.4, 0.5) is 23.2 Å². The van der Waals surface area contributed by atoms with Crippen molar-refractivity contribution in [2.24, 2.45) is 17.8 Å². The fourth-order valence-corrected chi connectivity index (χ4v) is 7.67. The van der Waals surface area contributed by atoms with Gasteiger partial charge in [0.05, 0.1) is 23.5 Å². The SMILES string of the molecule is COc1cc(F)c(-c2cccc([C@H](C(=O)O)N(C)C)c2)cc1C(=O)N[C@@H]1[C@H]2CC[C@H](C2)[C@@H]1C(=O)Nc1cccc(S(=O)(=O)C(F)(F)F)c1. The standard InChI is InChI=1S/C33H33F4N3O7S/c1-40(2)29(32(43)44)20-7-4-6-17(12-20)23-15-24(26(47-3)16-25(23)34)30(41)39-28-19-11-10-18(13-19)27(28)31(42)38-21-8-5-9-22(14-21)48(45,46)33(35,36)37/h4-9,12,14-16,18-19,27-29H,10-11,13H2,1-3H3,(H,38,42)(H,39,41)(H,43,44)/t18-,19+,27+,28-,29-/m1/s1. The molecule has 2 aliphatic rings. The Morgan fingerprint density at radius 3 is 2.33 bits per heavy atom. The number of fused-ring (bicyclic) bond motifs is 2. The molecule has 3 N–H and O–H groups in total. The molecule has 2 fully saturated rings. The average Bonchev–Trinajstić information content (AvgIpc) is 3.62. The highest BCUT2D eigenvalue weighted by Crippen LogP contribution is 2.49. The van der Waals surface area contributed by atoms with Gasteiger partial charge in [0.2, 0.25) is 5.91 Å². The van der Waals surface area contributed by atoms with Crippen molar-refractivity contribution in [3.8, 4) is 16.9 Å². The second kappa shape index (κ2) is 13.2. The lowest BCUT2D eigenvalue weighted by Crippen LogP contribution is -2.48. The van der Waals surface area contributed by atoms with E-state index < -0.39 is 61.8 Å². The maximum Gasteiger partial charge on any atom is 0.501 e. The Labute approximate surface area is 274 Å². The summed E-state index contributed by atoms with van der Waals surface area (Å²) in [5, 5.41) is 15.1. The van der Waals surface area contributed by atoms with Crippen LogP contribution < -0.4 is 15.4 Å². The van der Waals surface area contributed by atoms with Gasteiger partial charge in [0.25, 0.3) is 15.7 Å². The molecule has 256 valence electrons. The Morgan fingerprint density at radius 1 is 1.00 bits per heavy atom. The Balaban J connectivity index is 1.41. The van der Waals surface area contributed by atoms with E-state index in [2.05, 4.69) is 10.6 Å². The molecule has 5 rings (SSSR count). The second-order valence-corrected chi connectivity index (χ2v) is 14.1. The molecule has 3 aromatic carbocycles. The number of anilines is 1. The van der Waals surface area contributed by atoms with Crippen LogP contribution in [0.25, 0.3) is 11.1 Å². The number of nitrogens with zero attached hydrogens (tertiary/aromatic N) is 1. The minimum atomic E-state index is -5.64. The minimum Gasteiger partial charge on any atom is -0.496 e. The molecule has 2 saturated carbocycles. The molecule has 5 atom stereocenters. The summed E-state index contributed by atoms with van der Waals surface area (Å²) in [5.74, 6) is -4.16. The Bertz CT molecular complexity index is 1870. The van der Waals surface area contributed by atoms with E-state index in [1.807, 2.05) is 0 Å². The first-order chi connectivity index (χ1) is 22.5. The number of nitrogens with one attached hydrogen (secondary N) is 2. The topological polar surface area (TPSA) is 142 Å². The Morgan fingerprint density at radius 2 is 1.69 bits per heavy atom. The third-order valence-corrected chi connectivity index (χ3v) is 10.5. The first kappa shape index (κ1) is 34.8. The van der Waals surface area contributed by atoms with Crippen molar-refractivity contribution >= 4 is 33.3 Å².